The standard InChI is InChI=1S/C20H35N3O4/c1-26-16-19(6-8-21-9-7-19)15-22-18(25)20(4-2-3-5-20)14-17(24)23-10-12-27-13-11-23/h21H,2-16H2,1H3,(H,22,25). The van der Waals surface area contributed by atoms with E-state index in [1.165, 1.54) is 0 Å². The molecule has 2 aliphatic heterocycles. The van der Waals surface area contributed by atoms with Crippen molar-refractivity contribution in [3.63, 3.8) is 0 Å². The van der Waals surface area contributed by atoms with Crippen LogP contribution in [0.25, 0.3) is 0 Å². The minimum atomic E-state index is -0.531. The number of hydrogen-bond donors (Lipinski definition) is 2. The van der Waals surface area contributed by atoms with E-state index >= 15 is 0 Å². The molecule has 2 amide bonds. The Morgan fingerprint density at radius 1 is 1.11 bits per heavy atom. The summed E-state index contributed by atoms with van der Waals surface area (Å²) in [7, 11) is 1.73. The lowest BCUT2D eigenvalue weighted by atomic mass is 9.78. The maximum atomic E-state index is 13.2. The van der Waals surface area contributed by atoms with Crippen molar-refractivity contribution in [2.75, 3.05) is 59.7 Å². The molecule has 7 nitrogen and oxygen atoms in total. The third kappa shape index (κ3) is 5.00. The van der Waals surface area contributed by atoms with E-state index in [-0.39, 0.29) is 17.2 Å². The molecule has 0 spiro atoms. The number of methoxy groups -OCH3 is 1. The molecule has 154 valence electrons. The largest absolute Gasteiger partial charge is 0.384 e. The molecule has 1 aliphatic carbocycles. The highest BCUT2D eigenvalue weighted by molar-refractivity contribution is 5.89. The highest BCUT2D eigenvalue weighted by Crippen LogP contribution is 2.42. The zero-order valence-electron chi connectivity index (χ0n) is 16.7. The second-order valence-corrected chi connectivity index (χ2v) is 8.52. The molecule has 3 rings (SSSR count). The van der Waals surface area contributed by atoms with Crippen LogP contribution in [-0.2, 0) is 19.1 Å². The molecule has 0 aromatic carbocycles. The monoisotopic (exact) mass is 381 g/mol. The van der Waals surface area contributed by atoms with Crippen LogP contribution in [0.15, 0.2) is 0 Å². The summed E-state index contributed by atoms with van der Waals surface area (Å²) in [6.45, 7) is 5.68. The van der Waals surface area contributed by atoms with Gasteiger partial charge in [-0.1, -0.05) is 12.8 Å². The Morgan fingerprint density at radius 3 is 2.41 bits per heavy atom. The lowest BCUT2D eigenvalue weighted by Crippen LogP contribution is -2.51. The number of ether oxygens (including phenoxy) is 2. The summed E-state index contributed by atoms with van der Waals surface area (Å²) in [6.07, 6.45) is 6.01. The summed E-state index contributed by atoms with van der Waals surface area (Å²) in [4.78, 5) is 27.9. The van der Waals surface area contributed by atoms with Crippen LogP contribution in [0.4, 0.5) is 0 Å². The molecule has 2 heterocycles. The molecule has 2 N–H and O–H groups in total. The minimum Gasteiger partial charge on any atom is -0.384 e. The Morgan fingerprint density at radius 2 is 1.78 bits per heavy atom. The van der Waals surface area contributed by atoms with Gasteiger partial charge in [-0.05, 0) is 38.8 Å². The Bertz CT molecular complexity index is 502. The van der Waals surface area contributed by atoms with E-state index in [2.05, 4.69) is 10.6 Å². The first-order valence-corrected chi connectivity index (χ1v) is 10.4. The molecule has 0 radical (unpaired) electrons. The summed E-state index contributed by atoms with van der Waals surface area (Å²) in [5.74, 6) is 0.166. The third-order valence-corrected chi connectivity index (χ3v) is 6.63. The van der Waals surface area contributed by atoms with E-state index in [0.717, 1.165) is 51.6 Å². The Kier molecular flexibility index (Phi) is 7.11. The fourth-order valence-electron chi connectivity index (χ4n) is 4.84. The van der Waals surface area contributed by atoms with Gasteiger partial charge >= 0.3 is 0 Å². The lowest BCUT2D eigenvalue weighted by Gasteiger charge is -2.38. The van der Waals surface area contributed by atoms with Crippen molar-refractivity contribution in [3.05, 3.63) is 0 Å². The first kappa shape index (κ1) is 20.6. The molecular weight excluding hydrogens is 346 g/mol. The molecule has 0 aromatic rings. The SMILES string of the molecule is COCC1(CNC(=O)C2(CC(=O)N3CCOCC3)CCCC2)CCNCC1. The molecule has 3 aliphatic rings. The first-order valence-electron chi connectivity index (χ1n) is 10.4. The van der Waals surface area contributed by atoms with Crippen molar-refractivity contribution in [2.24, 2.45) is 10.8 Å². The van der Waals surface area contributed by atoms with Crippen LogP contribution in [0.3, 0.4) is 0 Å². The number of amides is 2. The molecule has 0 atom stereocenters. The van der Waals surface area contributed by atoms with Gasteiger partial charge in [-0.15, -0.1) is 0 Å². The fraction of sp³-hybridized carbons (Fsp3) is 0.900. The van der Waals surface area contributed by atoms with Crippen molar-refractivity contribution in [3.8, 4) is 0 Å². The number of hydrogen-bond acceptors (Lipinski definition) is 5. The minimum absolute atomic E-state index is 0.00364. The smallest absolute Gasteiger partial charge is 0.226 e. The van der Waals surface area contributed by atoms with E-state index in [0.29, 0.717) is 45.9 Å². The zero-order valence-corrected chi connectivity index (χ0v) is 16.7. The van der Waals surface area contributed by atoms with Crippen LogP contribution in [0, 0.1) is 10.8 Å². The fourth-order valence-corrected chi connectivity index (χ4v) is 4.84. The average Bonchev–Trinajstić information content (AvgIpc) is 3.17. The summed E-state index contributed by atoms with van der Waals surface area (Å²) >= 11 is 0. The van der Waals surface area contributed by atoms with Gasteiger partial charge in [0, 0.05) is 38.6 Å². The molecule has 27 heavy (non-hydrogen) atoms. The van der Waals surface area contributed by atoms with Crippen molar-refractivity contribution in [1.82, 2.24) is 15.5 Å². The molecule has 1 saturated carbocycles. The summed E-state index contributed by atoms with van der Waals surface area (Å²) in [5.41, 5.74) is -0.528. The Balaban J connectivity index is 1.61. The second kappa shape index (κ2) is 9.34. The molecular formula is C20H35N3O4. The number of nitrogens with zero attached hydrogens (tertiary/aromatic N) is 1. The third-order valence-electron chi connectivity index (χ3n) is 6.63. The van der Waals surface area contributed by atoms with Crippen molar-refractivity contribution >= 4 is 11.8 Å². The molecule has 0 bridgehead atoms. The van der Waals surface area contributed by atoms with Gasteiger partial charge in [0.15, 0.2) is 0 Å². The van der Waals surface area contributed by atoms with Gasteiger partial charge in [0.25, 0.3) is 0 Å². The van der Waals surface area contributed by atoms with E-state index < -0.39 is 5.41 Å². The predicted octanol–water partition coefficient (Wildman–Crippen LogP) is 0.928. The van der Waals surface area contributed by atoms with Gasteiger partial charge in [-0.3, -0.25) is 9.59 Å². The van der Waals surface area contributed by atoms with Crippen LogP contribution >= 0.6 is 0 Å². The molecule has 0 aromatic heterocycles. The van der Waals surface area contributed by atoms with Gasteiger partial charge in [0.1, 0.15) is 0 Å². The second-order valence-electron chi connectivity index (χ2n) is 8.52. The maximum absolute atomic E-state index is 13.2. The van der Waals surface area contributed by atoms with Crippen LogP contribution in [0.1, 0.15) is 44.9 Å². The van der Waals surface area contributed by atoms with Crippen LogP contribution < -0.4 is 10.6 Å². The molecule has 0 unspecified atom stereocenters. The van der Waals surface area contributed by atoms with Crippen molar-refractivity contribution in [2.45, 2.75) is 44.9 Å². The number of carbonyl (C=O) groups is 2. The highest BCUT2D eigenvalue weighted by atomic mass is 16.5. The highest BCUT2D eigenvalue weighted by Gasteiger charge is 2.44. The quantitative estimate of drug-likeness (QED) is 0.686. The number of piperidine rings is 1. The van der Waals surface area contributed by atoms with Gasteiger partial charge in [-0.25, -0.2) is 0 Å². The zero-order chi connectivity index (χ0) is 19.2. The summed E-state index contributed by atoms with van der Waals surface area (Å²) in [6, 6.07) is 0. The first-order chi connectivity index (χ1) is 13.1. The summed E-state index contributed by atoms with van der Waals surface area (Å²) in [5, 5.41) is 6.61. The van der Waals surface area contributed by atoms with Crippen LogP contribution in [0.5, 0.6) is 0 Å². The van der Waals surface area contributed by atoms with Crippen molar-refractivity contribution in [1.29, 1.82) is 0 Å². The predicted molar refractivity (Wildman–Crippen MR) is 102 cm³/mol. The summed E-state index contributed by atoms with van der Waals surface area (Å²) < 4.78 is 10.8. The molecule has 3 fully saturated rings. The van der Waals surface area contributed by atoms with E-state index in [4.69, 9.17) is 9.47 Å². The maximum Gasteiger partial charge on any atom is 0.226 e. The van der Waals surface area contributed by atoms with E-state index in [1.807, 2.05) is 4.90 Å². The van der Waals surface area contributed by atoms with E-state index in [1.54, 1.807) is 7.11 Å². The number of carbonyl (C=O) groups excluding carboxylic acids is 2. The Hall–Kier alpha value is -1.18. The van der Waals surface area contributed by atoms with Crippen molar-refractivity contribution < 1.29 is 19.1 Å². The van der Waals surface area contributed by atoms with Gasteiger partial charge in [0.2, 0.25) is 11.8 Å². The van der Waals surface area contributed by atoms with Gasteiger partial charge in [0.05, 0.1) is 25.2 Å². The van der Waals surface area contributed by atoms with Crippen LogP contribution in [-0.4, -0.2) is 76.4 Å². The van der Waals surface area contributed by atoms with Gasteiger partial charge in [-0.2, -0.15) is 0 Å². The number of rotatable bonds is 7. The van der Waals surface area contributed by atoms with Gasteiger partial charge < -0.3 is 25.0 Å². The molecule has 7 heteroatoms. The average molecular weight is 382 g/mol. The normalized spacial score (nSPS) is 24.6. The van der Waals surface area contributed by atoms with E-state index in [9.17, 15) is 9.59 Å². The number of nitrogens with one attached hydrogen (secondary N) is 2. The lowest BCUT2D eigenvalue weighted by molar-refractivity contribution is -0.144. The Labute approximate surface area is 162 Å². The number of morpholine rings is 1. The molecule has 2 saturated heterocycles. The van der Waals surface area contributed by atoms with Crippen LogP contribution in [0.2, 0.25) is 0 Å². The topological polar surface area (TPSA) is 79.9 Å².